The molecule has 102 valence electrons. The smallest absolute Gasteiger partial charge is 0.240 e. The van der Waals surface area contributed by atoms with Crippen molar-refractivity contribution in [2.24, 2.45) is 0 Å². The van der Waals surface area contributed by atoms with E-state index in [0.29, 0.717) is 12.4 Å². The summed E-state index contributed by atoms with van der Waals surface area (Å²) in [6.07, 6.45) is 2.05. The molecule has 1 aromatic rings. The molecule has 0 saturated heterocycles. The Hall–Kier alpha value is -0.780. The largest absolute Gasteiger partial charge is 0.494 e. The molecule has 6 heteroatoms. The summed E-state index contributed by atoms with van der Waals surface area (Å²) in [6, 6.07) is 6.37. The molecule has 0 aliphatic carbocycles. The van der Waals surface area contributed by atoms with Crippen LogP contribution in [0.15, 0.2) is 29.2 Å². The average molecular weight is 292 g/mol. The van der Waals surface area contributed by atoms with Gasteiger partial charge in [0, 0.05) is 12.4 Å². The van der Waals surface area contributed by atoms with Crippen molar-refractivity contribution in [1.82, 2.24) is 4.72 Å². The number of alkyl halides is 1. The first-order valence-electron chi connectivity index (χ1n) is 5.88. The standard InChI is InChI=1S/C12H18ClNO3S/c1-2-3-10-17-11-4-6-12(7-5-11)18(15,16)14-9-8-13/h4-7,14H,2-3,8-10H2,1H3. The van der Waals surface area contributed by atoms with Gasteiger partial charge >= 0.3 is 0 Å². The lowest BCUT2D eigenvalue weighted by atomic mass is 10.3. The summed E-state index contributed by atoms with van der Waals surface area (Å²) in [5, 5.41) is 0. The topological polar surface area (TPSA) is 55.4 Å². The van der Waals surface area contributed by atoms with E-state index in [2.05, 4.69) is 11.6 Å². The lowest BCUT2D eigenvalue weighted by Crippen LogP contribution is -2.25. The van der Waals surface area contributed by atoms with Gasteiger partial charge in [0.2, 0.25) is 10.0 Å². The molecule has 1 aromatic carbocycles. The quantitative estimate of drug-likeness (QED) is 0.591. The van der Waals surface area contributed by atoms with Crippen molar-refractivity contribution < 1.29 is 13.2 Å². The predicted octanol–water partition coefficient (Wildman–Crippen LogP) is 2.38. The summed E-state index contributed by atoms with van der Waals surface area (Å²) < 4.78 is 31.4. The zero-order valence-electron chi connectivity index (χ0n) is 10.4. The lowest BCUT2D eigenvalue weighted by Gasteiger charge is -2.07. The van der Waals surface area contributed by atoms with E-state index in [4.69, 9.17) is 16.3 Å². The van der Waals surface area contributed by atoms with Gasteiger partial charge in [-0.3, -0.25) is 0 Å². The third-order valence-corrected chi connectivity index (χ3v) is 3.95. The van der Waals surface area contributed by atoms with Gasteiger partial charge < -0.3 is 4.74 Å². The van der Waals surface area contributed by atoms with E-state index in [0.717, 1.165) is 12.8 Å². The van der Waals surface area contributed by atoms with Gasteiger partial charge in [-0.15, -0.1) is 11.6 Å². The molecule has 0 aromatic heterocycles. The first-order chi connectivity index (χ1) is 8.60. The molecular weight excluding hydrogens is 274 g/mol. The predicted molar refractivity (Wildman–Crippen MR) is 72.8 cm³/mol. The van der Waals surface area contributed by atoms with Crippen LogP contribution in [0.2, 0.25) is 0 Å². The molecule has 4 nitrogen and oxygen atoms in total. The van der Waals surface area contributed by atoms with Gasteiger partial charge in [-0.25, -0.2) is 13.1 Å². The monoisotopic (exact) mass is 291 g/mol. The fraction of sp³-hybridized carbons (Fsp3) is 0.500. The number of nitrogens with one attached hydrogen (secondary N) is 1. The van der Waals surface area contributed by atoms with E-state index in [-0.39, 0.29) is 17.3 Å². The van der Waals surface area contributed by atoms with E-state index in [1.54, 1.807) is 12.1 Å². The highest BCUT2D eigenvalue weighted by Crippen LogP contribution is 2.16. The fourth-order valence-corrected chi connectivity index (χ4v) is 2.54. The van der Waals surface area contributed by atoms with Crippen LogP contribution in [0.25, 0.3) is 0 Å². The van der Waals surface area contributed by atoms with E-state index < -0.39 is 10.0 Å². The van der Waals surface area contributed by atoms with E-state index in [1.807, 2.05) is 0 Å². The number of hydrogen-bond acceptors (Lipinski definition) is 3. The van der Waals surface area contributed by atoms with E-state index >= 15 is 0 Å². The third-order valence-electron chi connectivity index (χ3n) is 2.29. The van der Waals surface area contributed by atoms with Crippen LogP contribution < -0.4 is 9.46 Å². The molecule has 0 spiro atoms. The number of sulfonamides is 1. The Bertz CT molecular complexity index is 445. The molecule has 0 unspecified atom stereocenters. The van der Waals surface area contributed by atoms with Crippen LogP contribution in [0, 0.1) is 0 Å². The SMILES string of the molecule is CCCCOc1ccc(S(=O)(=O)NCCCl)cc1. The van der Waals surface area contributed by atoms with Crippen LogP contribution >= 0.6 is 11.6 Å². The minimum atomic E-state index is -3.45. The van der Waals surface area contributed by atoms with Gasteiger partial charge in [0.15, 0.2) is 0 Å². The van der Waals surface area contributed by atoms with Crippen molar-refractivity contribution in [2.45, 2.75) is 24.7 Å². The highest BCUT2D eigenvalue weighted by molar-refractivity contribution is 7.89. The van der Waals surface area contributed by atoms with Gasteiger partial charge in [-0.05, 0) is 30.7 Å². The third kappa shape index (κ3) is 4.84. The Labute approximate surface area is 113 Å². The zero-order chi connectivity index (χ0) is 13.4. The maximum absolute atomic E-state index is 11.8. The van der Waals surface area contributed by atoms with Crippen molar-refractivity contribution in [1.29, 1.82) is 0 Å². The Morgan fingerprint density at radius 2 is 1.94 bits per heavy atom. The second-order valence-corrected chi connectivity index (χ2v) is 5.91. The number of rotatable bonds is 8. The molecular formula is C12H18ClNO3S. The lowest BCUT2D eigenvalue weighted by molar-refractivity contribution is 0.309. The van der Waals surface area contributed by atoms with Crippen molar-refractivity contribution in [3.8, 4) is 5.75 Å². The van der Waals surface area contributed by atoms with Crippen molar-refractivity contribution in [3.05, 3.63) is 24.3 Å². The summed E-state index contributed by atoms with van der Waals surface area (Å²) >= 11 is 5.44. The maximum Gasteiger partial charge on any atom is 0.240 e. The van der Waals surface area contributed by atoms with Gasteiger partial charge in [-0.1, -0.05) is 13.3 Å². The van der Waals surface area contributed by atoms with Crippen LogP contribution in [0.3, 0.4) is 0 Å². The minimum Gasteiger partial charge on any atom is -0.494 e. The van der Waals surface area contributed by atoms with Crippen molar-refractivity contribution in [3.63, 3.8) is 0 Å². The zero-order valence-corrected chi connectivity index (χ0v) is 11.9. The van der Waals surface area contributed by atoms with Crippen molar-refractivity contribution in [2.75, 3.05) is 19.0 Å². The number of halogens is 1. The molecule has 0 saturated carbocycles. The Balaban J connectivity index is 2.64. The second-order valence-electron chi connectivity index (χ2n) is 3.76. The number of benzene rings is 1. The highest BCUT2D eigenvalue weighted by atomic mass is 35.5. The first-order valence-corrected chi connectivity index (χ1v) is 7.90. The van der Waals surface area contributed by atoms with Gasteiger partial charge in [0.25, 0.3) is 0 Å². The molecule has 0 amide bonds. The number of ether oxygens (including phenoxy) is 1. The molecule has 18 heavy (non-hydrogen) atoms. The van der Waals surface area contributed by atoms with E-state index in [9.17, 15) is 8.42 Å². The van der Waals surface area contributed by atoms with Crippen molar-refractivity contribution >= 4 is 21.6 Å². The van der Waals surface area contributed by atoms with Crippen LogP contribution in [-0.4, -0.2) is 27.4 Å². The molecule has 1 rings (SSSR count). The first kappa shape index (κ1) is 15.3. The number of hydrogen-bond donors (Lipinski definition) is 1. The molecule has 0 bridgehead atoms. The van der Waals surface area contributed by atoms with Gasteiger partial charge in [0.1, 0.15) is 5.75 Å². The highest BCUT2D eigenvalue weighted by Gasteiger charge is 2.12. The summed E-state index contributed by atoms with van der Waals surface area (Å²) in [6.45, 7) is 2.95. The van der Waals surface area contributed by atoms with Gasteiger partial charge in [0.05, 0.1) is 11.5 Å². The fourth-order valence-electron chi connectivity index (χ4n) is 1.31. The molecule has 0 fully saturated rings. The average Bonchev–Trinajstić information content (AvgIpc) is 2.37. The van der Waals surface area contributed by atoms with Crippen LogP contribution in [0.1, 0.15) is 19.8 Å². The Morgan fingerprint density at radius 1 is 1.28 bits per heavy atom. The molecule has 1 N–H and O–H groups in total. The van der Waals surface area contributed by atoms with Crippen LogP contribution in [0.5, 0.6) is 5.75 Å². The molecule has 0 radical (unpaired) electrons. The summed E-state index contributed by atoms with van der Waals surface area (Å²) in [5.41, 5.74) is 0. The Kier molecular flexibility index (Phi) is 6.46. The maximum atomic E-state index is 11.8. The summed E-state index contributed by atoms with van der Waals surface area (Å²) in [5.74, 6) is 0.928. The summed E-state index contributed by atoms with van der Waals surface area (Å²) in [7, 11) is -3.45. The molecule has 0 atom stereocenters. The normalized spacial score (nSPS) is 11.4. The Morgan fingerprint density at radius 3 is 2.50 bits per heavy atom. The van der Waals surface area contributed by atoms with Gasteiger partial charge in [-0.2, -0.15) is 0 Å². The van der Waals surface area contributed by atoms with Crippen LogP contribution in [-0.2, 0) is 10.0 Å². The molecule has 0 heterocycles. The summed E-state index contributed by atoms with van der Waals surface area (Å²) in [4.78, 5) is 0.218. The minimum absolute atomic E-state index is 0.218. The van der Waals surface area contributed by atoms with Crippen LogP contribution in [0.4, 0.5) is 0 Å². The molecule has 0 aliphatic heterocycles. The second kappa shape index (κ2) is 7.61. The number of unbranched alkanes of at least 4 members (excludes halogenated alkanes) is 1. The van der Waals surface area contributed by atoms with E-state index in [1.165, 1.54) is 12.1 Å². The molecule has 0 aliphatic rings.